The predicted octanol–water partition coefficient (Wildman–Crippen LogP) is 2.39. The number of halogens is 3. The van der Waals surface area contributed by atoms with Crippen molar-refractivity contribution in [1.82, 2.24) is 14.8 Å². The molecule has 0 bridgehead atoms. The number of carbonyl (C=O) groups is 1. The third kappa shape index (κ3) is 3.04. The maximum atomic E-state index is 12.8. The van der Waals surface area contributed by atoms with E-state index < -0.39 is 17.8 Å². The molecule has 0 aromatic carbocycles. The summed E-state index contributed by atoms with van der Waals surface area (Å²) in [6.07, 6.45) is -4.52. The number of pyridine rings is 1. The molecule has 2 rings (SSSR count). The first kappa shape index (κ1) is 15.0. The fourth-order valence-corrected chi connectivity index (χ4v) is 1.97. The van der Waals surface area contributed by atoms with Crippen molar-refractivity contribution < 1.29 is 18.0 Å². The van der Waals surface area contributed by atoms with Crippen molar-refractivity contribution in [2.24, 2.45) is 5.73 Å². The van der Waals surface area contributed by atoms with Crippen molar-refractivity contribution in [3.63, 3.8) is 0 Å². The average Bonchev–Trinajstić information content (AvgIpc) is 2.81. The van der Waals surface area contributed by atoms with E-state index in [1.165, 1.54) is 10.7 Å². The number of hydrogen-bond acceptors (Lipinski definition) is 3. The highest BCUT2D eigenvalue weighted by Crippen LogP contribution is 2.32. The summed E-state index contributed by atoms with van der Waals surface area (Å²) in [6.45, 7) is 3.58. The summed E-state index contributed by atoms with van der Waals surface area (Å²) in [5.74, 6) is -0.737. The van der Waals surface area contributed by atoms with Crippen molar-refractivity contribution in [2.75, 3.05) is 0 Å². The van der Waals surface area contributed by atoms with Crippen LogP contribution in [0.4, 0.5) is 13.2 Å². The van der Waals surface area contributed by atoms with Crippen LogP contribution in [-0.2, 0) is 12.7 Å². The molecule has 8 heteroatoms. The molecule has 2 heterocycles. The van der Waals surface area contributed by atoms with Crippen molar-refractivity contribution >= 4 is 5.91 Å². The molecule has 2 aromatic heterocycles. The number of carbonyl (C=O) groups excluding carboxylic acids is 1. The normalized spacial score (nSPS) is 11.7. The van der Waals surface area contributed by atoms with Gasteiger partial charge < -0.3 is 5.73 Å². The number of rotatable bonds is 3. The van der Waals surface area contributed by atoms with Gasteiger partial charge in [0.05, 0.1) is 5.69 Å². The zero-order chi connectivity index (χ0) is 15.8. The Bertz CT molecular complexity index is 691. The van der Waals surface area contributed by atoms with E-state index in [4.69, 9.17) is 5.73 Å². The summed E-state index contributed by atoms with van der Waals surface area (Å²) in [5.41, 5.74) is 5.36. The fourth-order valence-electron chi connectivity index (χ4n) is 1.97. The first-order chi connectivity index (χ1) is 9.72. The highest BCUT2D eigenvalue weighted by atomic mass is 19.4. The van der Waals surface area contributed by atoms with Gasteiger partial charge in [0.2, 0.25) is 0 Å². The lowest BCUT2D eigenvalue weighted by atomic mass is 10.1. The zero-order valence-electron chi connectivity index (χ0n) is 11.4. The van der Waals surface area contributed by atoms with E-state index in [-0.39, 0.29) is 17.9 Å². The van der Waals surface area contributed by atoms with Crippen molar-refractivity contribution in [2.45, 2.75) is 26.6 Å². The van der Waals surface area contributed by atoms with Crippen LogP contribution < -0.4 is 5.73 Å². The molecule has 0 atom stereocenters. The molecule has 2 N–H and O–H groups in total. The molecule has 1 amide bonds. The van der Waals surface area contributed by atoms with Gasteiger partial charge in [-0.15, -0.1) is 0 Å². The van der Waals surface area contributed by atoms with Gasteiger partial charge in [-0.2, -0.15) is 18.3 Å². The Morgan fingerprint density at radius 3 is 2.52 bits per heavy atom. The SMILES string of the molecule is CCn1nc(C(F)(F)F)cc1-c1cc(C)nc(C(N)=O)c1. The monoisotopic (exact) mass is 298 g/mol. The van der Waals surface area contributed by atoms with Gasteiger partial charge in [-0.25, -0.2) is 4.98 Å². The lowest BCUT2D eigenvalue weighted by Crippen LogP contribution is -2.14. The van der Waals surface area contributed by atoms with Gasteiger partial charge in [0.15, 0.2) is 5.69 Å². The van der Waals surface area contributed by atoms with E-state index in [1.807, 2.05) is 0 Å². The van der Waals surface area contributed by atoms with E-state index in [1.54, 1.807) is 19.9 Å². The van der Waals surface area contributed by atoms with Crippen molar-refractivity contribution in [3.8, 4) is 11.3 Å². The highest BCUT2D eigenvalue weighted by Gasteiger charge is 2.35. The Labute approximate surface area is 118 Å². The molecule has 0 saturated heterocycles. The molecule has 2 aromatic rings. The quantitative estimate of drug-likeness (QED) is 0.945. The Balaban J connectivity index is 2.61. The van der Waals surface area contributed by atoms with Crippen LogP contribution in [-0.4, -0.2) is 20.7 Å². The standard InChI is InChI=1S/C13H13F3N4O/c1-3-20-10(6-11(19-20)13(14,15)16)8-4-7(2)18-9(5-8)12(17)21/h4-6H,3H2,1-2H3,(H2,17,21). The molecule has 0 aliphatic carbocycles. The number of aryl methyl sites for hydroxylation is 2. The van der Waals surface area contributed by atoms with Gasteiger partial charge in [0.1, 0.15) is 5.69 Å². The van der Waals surface area contributed by atoms with Crippen LogP contribution in [0.3, 0.4) is 0 Å². The molecule has 0 unspecified atom stereocenters. The molecule has 21 heavy (non-hydrogen) atoms. The zero-order valence-corrected chi connectivity index (χ0v) is 11.4. The van der Waals surface area contributed by atoms with Gasteiger partial charge in [0.25, 0.3) is 5.91 Å². The first-order valence-electron chi connectivity index (χ1n) is 6.16. The second kappa shape index (κ2) is 5.19. The molecule has 0 radical (unpaired) electrons. The largest absolute Gasteiger partial charge is 0.435 e. The maximum absolute atomic E-state index is 12.8. The van der Waals surface area contributed by atoms with Crippen molar-refractivity contribution in [1.29, 1.82) is 0 Å². The molecular weight excluding hydrogens is 285 g/mol. The van der Waals surface area contributed by atoms with Crippen LogP contribution >= 0.6 is 0 Å². The van der Waals surface area contributed by atoms with Crippen molar-refractivity contribution in [3.05, 3.63) is 35.3 Å². The number of nitrogens with zero attached hydrogens (tertiary/aromatic N) is 3. The van der Waals surface area contributed by atoms with Crippen LogP contribution in [0.1, 0.15) is 28.8 Å². The summed E-state index contributed by atoms with van der Waals surface area (Å²) in [5, 5.41) is 3.54. The van der Waals surface area contributed by atoms with E-state index in [9.17, 15) is 18.0 Å². The third-order valence-corrected chi connectivity index (χ3v) is 2.87. The molecule has 112 valence electrons. The molecule has 5 nitrogen and oxygen atoms in total. The van der Waals surface area contributed by atoms with Crippen LogP contribution in [0.15, 0.2) is 18.2 Å². The predicted molar refractivity (Wildman–Crippen MR) is 69.4 cm³/mol. The van der Waals surface area contributed by atoms with Gasteiger partial charge in [-0.3, -0.25) is 9.48 Å². The maximum Gasteiger partial charge on any atom is 0.435 e. The van der Waals surface area contributed by atoms with Crippen LogP contribution in [0.25, 0.3) is 11.3 Å². The molecule has 0 fully saturated rings. The summed E-state index contributed by atoms with van der Waals surface area (Å²) >= 11 is 0. The van der Waals surface area contributed by atoms with E-state index in [0.717, 1.165) is 6.07 Å². The minimum absolute atomic E-state index is 0.00223. The van der Waals surface area contributed by atoms with E-state index in [2.05, 4.69) is 10.1 Å². The fraction of sp³-hybridized carbons (Fsp3) is 0.308. The molecule has 0 saturated carbocycles. The lowest BCUT2D eigenvalue weighted by Gasteiger charge is -2.07. The molecular formula is C13H13F3N4O. The minimum atomic E-state index is -4.52. The Kier molecular flexibility index (Phi) is 3.71. The molecule has 0 spiro atoms. The molecule has 0 aliphatic heterocycles. The van der Waals surface area contributed by atoms with Crippen LogP contribution in [0.5, 0.6) is 0 Å². The third-order valence-electron chi connectivity index (χ3n) is 2.87. The summed E-state index contributed by atoms with van der Waals surface area (Å²) in [6, 6.07) is 3.89. The lowest BCUT2D eigenvalue weighted by molar-refractivity contribution is -0.141. The van der Waals surface area contributed by atoms with Gasteiger partial charge >= 0.3 is 6.18 Å². The summed E-state index contributed by atoms with van der Waals surface area (Å²) in [7, 11) is 0. The number of alkyl halides is 3. The number of amides is 1. The van der Waals surface area contributed by atoms with Crippen LogP contribution in [0, 0.1) is 6.92 Å². The number of nitrogens with two attached hydrogens (primary N) is 1. The highest BCUT2D eigenvalue weighted by molar-refractivity contribution is 5.92. The first-order valence-corrected chi connectivity index (χ1v) is 6.16. The number of aromatic nitrogens is 3. The second-order valence-corrected chi connectivity index (χ2v) is 4.48. The summed E-state index contributed by atoms with van der Waals surface area (Å²) < 4.78 is 39.5. The van der Waals surface area contributed by atoms with Gasteiger partial charge in [-0.1, -0.05) is 0 Å². The summed E-state index contributed by atoms with van der Waals surface area (Å²) in [4.78, 5) is 15.2. The van der Waals surface area contributed by atoms with Gasteiger partial charge in [-0.05, 0) is 32.0 Å². The minimum Gasteiger partial charge on any atom is -0.364 e. The Morgan fingerprint density at radius 2 is 2.00 bits per heavy atom. The van der Waals surface area contributed by atoms with Crippen LogP contribution in [0.2, 0.25) is 0 Å². The topological polar surface area (TPSA) is 73.8 Å². The number of primary amides is 1. The Hall–Kier alpha value is -2.38. The van der Waals surface area contributed by atoms with E-state index >= 15 is 0 Å². The smallest absolute Gasteiger partial charge is 0.364 e. The van der Waals surface area contributed by atoms with Gasteiger partial charge in [0, 0.05) is 17.8 Å². The molecule has 0 aliphatic rings. The Morgan fingerprint density at radius 1 is 1.33 bits per heavy atom. The van der Waals surface area contributed by atoms with E-state index in [0.29, 0.717) is 11.3 Å². The average molecular weight is 298 g/mol. The number of hydrogen-bond donors (Lipinski definition) is 1. The second-order valence-electron chi connectivity index (χ2n) is 4.48.